The maximum absolute atomic E-state index is 4.27. The van der Waals surface area contributed by atoms with Gasteiger partial charge in [0.1, 0.15) is 11.6 Å². The average molecular weight is 208 g/mol. The minimum Gasteiger partial charge on any atom is -0.313 e. The first kappa shape index (κ1) is 10.6. The van der Waals surface area contributed by atoms with Crippen LogP contribution in [0.15, 0.2) is 0 Å². The lowest BCUT2D eigenvalue weighted by Gasteiger charge is -2.15. The minimum atomic E-state index is 0.877. The Labute approximate surface area is 91.1 Å². The summed E-state index contributed by atoms with van der Waals surface area (Å²) in [6, 6.07) is 0. The second-order valence-corrected chi connectivity index (χ2v) is 4.17. The zero-order valence-corrected chi connectivity index (χ0v) is 9.50. The molecule has 84 valence electrons. The van der Waals surface area contributed by atoms with Crippen molar-refractivity contribution in [1.29, 1.82) is 0 Å². The highest BCUT2D eigenvalue weighted by Gasteiger charge is 2.14. The summed E-state index contributed by atoms with van der Waals surface area (Å²) in [6.07, 6.45) is 6.29. The van der Waals surface area contributed by atoms with Crippen LogP contribution in [0, 0.1) is 0 Å². The quantitative estimate of drug-likeness (QED) is 0.746. The normalized spacial score (nSPS) is 15.3. The number of rotatable bonds is 5. The number of hydrogen-bond acceptors (Lipinski definition) is 3. The van der Waals surface area contributed by atoms with E-state index >= 15 is 0 Å². The van der Waals surface area contributed by atoms with Crippen LogP contribution in [0.25, 0.3) is 0 Å². The summed E-state index contributed by atoms with van der Waals surface area (Å²) >= 11 is 0. The van der Waals surface area contributed by atoms with E-state index in [-0.39, 0.29) is 0 Å². The first-order chi connectivity index (χ1) is 7.42. The molecule has 0 amide bonds. The molecule has 1 N–H and O–H groups in total. The standard InChI is InChI=1S/C11H20N4/c1-2-3-4-5-6-10-13-14-11-9-12-7-8-15(10)11/h12H,2-9H2,1H3. The van der Waals surface area contributed by atoms with Gasteiger partial charge in [-0.3, -0.25) is 0 Å². The molecule has 4 nitrogen and oxygen atoms in total. The highest BCUT2D eigenvalue weighted by Crippen LogP contribution is 2.10. The molecule has 1 aliphatic heterocycles. The minimum absolute atomic E-state index is 0.877. The number of unbranched alkanes of at least 4 members (excludes halogenated alkanes) is 3. The molecule has 0 saturated heterocycles. The fraction of sp³-hybridized carbons (Fsp3) is 0.818. The number of aryl methyl sites for hydroxylation is 1. The van der Waals surface area contributed by atoms with Crippen LogP contribution in [-0.2, 0) is 19.5 Å². The van der Waals surface area contributed by atoms with Crippen LogP contribution in [0.4, 0.5) is 0 Å². The molecule has 0 aliphatic carbocycles. The first-order valence-corrected chi connectivity index (χ1v) is 6.03. The SMILES string of the molecule is CCCCCCc1nnc2n1CCNC2. The molecule has 0 aromatic carbocycles. The Bertz CT molecular complexity index is 306. The second kappa shape index (κ2) is 5.26. The van der Waals surface area contributed by atoms with Crippen LogP contribution in [0.1, 0.15) is 44.3 Å². The van der Waals surface area contributed by atoms with Gasteiger partial charge < -0.3 is 9.88 Å². The lowest BCUT2D eigenvalue weighted by molar-refractivity contribution is 0.489. The lowest BCUT2D eigenvalue weighted by Crippen LogP contribution is -2.29. The van der Waals surface area contributed by atoms with Crippen LogP contribution in [-0.4, -0.2) is 21.3 Å². The monoisotopic (exact) mass is 208 g/mol. The van der Waals surface area contributed by atoms with Gasteiger partial charge in [0.05, 0.1) is 6.54 Å². The molecule has 0 radical (unpaired) electrons. The molecule has 0 spiro atoms. The third-order valence-electron chi connectivity index (χ3n) is 2.95. The van der Waals surface area contributed by atoms with Gasteiger partial charge in [0.15, 0.2) is 0 Å². The van der Waals surface area contributed by atoms with Crippen molar-refractivity contribution in [3.63, 3.8) is 0 Å². The van der Waals surface area contributed by atoms with Gasteiger partial charge in [-0.15, -0.1) is 10.2 Å². The van der Waals surface area contributed by atoms with Gasteiger partial charge in [-0.1, -0.05) is 26.2 Å². The molecule has 2 rings (SSSR count). The van der Waals surface area contributed by atoms with E-state index in [4.69, 9.17) is 0 Å². The number of nitrogens with one attached hydrogen (secondary N) is 1. The van der Waals surface area contributed by atoms with Gasteiger partial charge >= 0.3 is 0 Å². The Balaban J connectivity index is 1.88. The molecule has 1 aromatic heterocycles. The third-order valence-corrected chi connectivity index (χ3v) is 2.95. The molecule has 0 bridgehead atoms. The fourth-order valence-electron chi connectivity index (χ4n) is 2.05. The predicted molar refractivity (Wildman–Crippen MR) is 59.6 cm³/mol. The van der Waals surface area contributed by atoms with Gasteiger partial charge in [-0.25, -0.2) is 0 Å². The van der Waals surface area contributed by atoms with Gasteiger partial charge in [-0.05, 0) is 6.42 Å². The third kappa shape index (κ3) is 2.56. The number of fused-ring (bicyclic) bond motifs is 1. The summed E-state index contributed by atoms with van der Waals surface area (Å²) in [7, 11) is 0. The van der Waals surface area contributed by atoms with Crippen molar-refractivity contribution in [2.24, 2.45) is 0 Å². The highest BCUT2D eigenvalue weighted by atomic mass is 15.3. The Hall–Kier alpha value is -0.900. The predicted octanol–water partition coefficient (Wildman–Crippen LogP) is 1.50. The van der Waals surface area contributed by atoms with E-state index in [0.717, 1.165) is 31.9 Å². The van der Waals surface area contributed by atoms with Crippen LogP contribution < -0.4 is 5.32 Å². The molecule has 15 heavy (non-hydrogen) atoms. The molecular formula is C11H20N4. The Morgan fingerprint density at radius 3 is 3.07 bits per heavy atom. The summed E-state index contributed by atoms with van der Waals surface area (Å²) < 4.78 is 2.28. The van der Waals surface area contributed by atoms with Crippen molar-refractivity contribution >= 4 is 0 Å². The number of hydrogen-bond donors (Lipinski definition) is 1. The van der Waals surface area contributed by atoms with E-state index < -0.39 is 0 Å². The van der Waals surface area contributed by atoms with E-state index in [0.29, 0.717) is 0 Å². The van der Waals surface area contributed by atoms with Crippen LogP contribution in [0.2, 0.25) is 0 Å². The number of aromatic nitrogens is 3. The van der Waals surface area contributed by atoms with Crippen LogP contribution in [0.5, 0.6) is 0 Å². The van der Waals surface area contributed by atoms with Crippen molar-refractivity contribution < 1.29 is 0 Å². The average Bonchev–Trinajstić information content (AvgIpc) is 2.68. The number of nitrogens with zero attached hydrogens (tertiary/aromatic N) is 3. The van der Waals surface area contributed by atoms with E-state index in [9.17, 15) is 0 Å². The highest BCUT2D eigenvalue weighted by molar-refractivity contribution is 4.98. The Kier molecular flexibility index (Phi) is 3.72. The van der Waals surface area contributed by atoms with Crippen molar-refractivity contribution in [1.82, 2.24) is 20.1 Å². The molecule has 4 heteroatoms. The van der Waals surface area contributed by atoms with Crippen molar-refractivity contribution in [3.8, 4) is 0 Å². The topological polar surface area (TPSA) is 42.7 Å². The summed E-state index contributed by atoms with van der Waals surface area (Å²) in [5, 5.41) is 11.8. The van der Waals surface area contributed by atoms with Crippen molar-refractivity contribution in [3.05, 3.63) is 11.6 Å². The molecule has 0 saturated carbocycles. The molecule has 0 unspecified atom stereocenters. The van der Waals surface area contributed by atoms with E-state index in [2.05, 4.69) is 27.0 Å². The zero-order chi connectivity index (χ0) is 10.5. The smallest absolute Gasteiger partial charge is 0.147 e. The fourth-order valence-corrected chi connectivity index (χ4v) is 2.05. The largest absolute Gasteiger partial charge is 0.313 e. The van der Waals surface area contributed by atoms with Crippen LogP contribution in [0.3, 0.4) is 0 Å². The lowest BCUT2D eigenvalue weighted by atomic mass is 10.1. The van der Waals surface area contributed by atoms with Crippen molar-refractivity contribution in [2.45, 2.75) is 52.1 Å². The maximum Gasteiger partial charge on any atom is 0.147 e. The first-order valence-electron chi connectivity index (χ1n) is 6.03. The van der Waals surface area contributed by atoms with Crippen molar-refractivity contribution in [2.75, 3.05) is 6.54 Å². The molecule has 0 fully saturated rings. The molecule has 0 atom stereocenters. The summed E-state index contributed by atoms with van der Waals surface area (Å²) in [4.78, 5) is 0. The van der Waals surface area contributed by atoms with Gasteiger partial charge in [0, 0.05) is 19.5 Å². The Morgan fingerprint density at radius 2 is 2.20 bits per heavy atom. The summed E-state index contributed by atoms with van der Waals surface area (Å²) in [5.41, 5.74) is 0. The van der Waals surface area contributed by atoms with E-state index in [1.54, 1.807) is 0 Å². The van der Waals surface area contributed by atoms with Gasteiger partial charge in [0.2, 0.25) is 0 Å². The van der Waals surface area contributed by atoms with E-state index in [1.165, 1.54) is 31.5 Å². The second-order valence-electron chi connectivity index (χ2n) is 4.17. The van der Waals surface area contributed by atoms with Gasteiger partial charge in [-0.2, -0.15) is 0 Å². The molecule has 1 aromatic rings. The molecular weight excluding hydrogens is 188 g/mol. The molecule has 1 aliphatic rings. The Morgan fingerprint density at radius 1 is 1.27 bits per heavy atom. The maximum atomic E-state index is 4.27. The zero-order valence-electron chi connectivity index (χ0n) is 9.50. The summed E-state index contributed by atoms with van der Waals surface area (Å²) in [6.45, 7) is 5.20. The van der Waals surface area contributed by atoms with E-state index in [1.807, 2.05) is 0 Å². The van der Waals surface area contributed by atoms with Gasteiger partial charge in [0.25, 0.3) is 0 Å². The van der Waals surface area contributed by atoms with Crippen LogP contribution >= 0.6 is 0 Å². The molecule has 2 heterocycles. The summed E-state index contributed by atoms with van der Waals surface area (Å²) in [5.74, 6) is 2.29.